The molecule has 0 saturated carbocycles. The van der Waals surface area contributed by atoms with Crippen molar-refractivity contribution >= 4 is 5.91 Å². The minimum atomic E-state index is 0.120. The summed E-state index contributed by atoms with van der Waals surface area (Å²) in [5.41, 5.74) is 1.01. The van der Waals surface area contributed by atoms with Crippen molar-refractivity contribution in [1.82, 2.24) is 15.3 Å². The maximum Gasteiger partial charge on any atom is 0.220 e. The Balaban J connectivity index is 2.17. The molecule has 0 saturated heterocycles. The first-order valence-electron chi connectivity index (χ1n) is 6.37. The second kappa shape index (κ2) is 7.09. The number of aromatic amines is 1. The van der Waals surface area contributed by atoms with Gasteiger partial charge in [0.1, 0.15) is 0 Å². The van der Waals surface area contributed by atoms with E-state index in [0.29, 0.717) is 18.3 Å². The van der Waals surface area contributed by atoms with Crippen LogP contribution in [0.25, 0.3) is 0 Å². The molecule has 2 atom stereocenters. The first-order chi connectivity index (χ1) is 8.13. The van der Waals surface area contributed by atoms with Crippen LogP contribution in [0.15, 0.2) is 12.5 Å². The normalized spacial score (nSPS) is 14.3. The van der Waals surface area contributed by atoms with E-state index >= 15 is 0 Å². The highest BCUT2D eigenvalue weighted by atomic mass is 16.1. The quantitative estimate of drug-likeness (QED) is 0.763. The molecule has 96 valence electrons. The van der Waals surface area contributed by atoms with Crippen molar-refractivity contribution in [3.05, 3.63) is 18.2 Å². The summed E-state index contributed by atoms with van der Waals surface area (Å²) in [6.45, 7) is 7.36. The number of hydrogen-bond donors (Lipinski definition) is 2. The fraction of sp³-hybridized carbons (Fsp3) is 0.692. The monoisotopic (exact) mass is 237 g/mol. The Hall–Kier alpha value is -1.32. The zero-order valence-electron chi connectivity index (χ0n) is 11.0. The molecule has 1 heterocycles. The summed E-state index contributed by atoms with van der Waals surface area (Å²) in [6, 6.07) is 0. The van der Waals surface area contributed by atoms with E-state index in [9.17, 15) is 4.79 Å². The number of aromatic nitrogens is 2. The van der Waals surface area contributed by atoms with E-state index < -0.39 is 0 Å². The molecule has 0 spiro atoms. The summed E-state index contributed by atoms with van der Waals surface area (Å²) in [5, 5.41) is 2.99. The Bertz CT molecular complexity index is 321. The van der Waals surface area contributed by atoms with E-state index in [4.69, 9.17) is 0 Å². The Morgan fingerprint density at radius 1 is 1.47 bits per heavy atom. The molecule has 0 radical (unpaired) electrons. The van der Waals surface area contributed by atoms with E-state index in [1.807, 2.05) is 0 Å². The Morgan fingerprint density at radius 2 is 2.24 bits per heavy atom. The third-order valence-electron chi connectivity index (χ3n) is 3.41. The van der Waals surface area contributed by atoms with Gasteiger partial charge in [-0.2, -0.15) is 0 Å². The summed E-state index contributed by atoms with van der Waals surface area (Å²) in [5.74, 6) is 1.31. The lowest BCUT2D eigenvalue weighted by Crippen LogP contribution is -2.30. The van der Waals surface area contributed by atoms with Crippen LogP contribution in [-0.4, -0.2) is 22.4 Å². The van der Waals surface area contributed by atoms with Gasteiger partial charge in [0.2, 0.25) is 5.91 Å². The fourth-order valence-corrected chi connectivity index (χ4v) is 1.64. The van der Waals surface area contributed by atoms with Gasteiger partial charge >= 0.3 is 0 Å². The molecule has 4 heteroatoms. The molecular weight excluding hydrogens is 214 g/mol. The van der Waals surface area contributed by atoms with Crippen LogP contribution in [0.5, 0.6) is 0 Å². The number of nitrogens with zero attached hydrogens (tertiary/aromatic N) is 1. The number of amides is 1. The summed E-state index contributed by atoms with van der Waals surface area (Å²) in [4.78, 5) is 18.5. The molecule has 0 aromatic carbocycles. The van der Waals surface area contributed by atoms with Gasteiger partial charge in [-0.1, -0.05) is 27.2 Å². The van der Waals surface area contributed by atoms with Crippen LogP contribution < -0.4 is 5.32 Å². The molecule has 0 aliphatic heterocycles. The highest BCUT2D eigenvalue weighted by molar-refractivity contribution is 5.76. The van der Waals surface area contributed by atoms with E-state index in [0.717, 1.165) is 25.1 Å². The third kappa shape index (κ3) is 5.02. The summed E-state index contributed by atoms with van der Waals surface area (Å²) in [7, 11) is 0. The number of H-pyrrole nitrogens is 1. The Labute approximate surface area is 103 Å². The average Bonchev–Trinajstić information content (AvgIpc) is 2.85. The molecule has 4 nitrogen and oxygen atoms in total. The molecule has 2 unspecified atom stereocenters. The minimum absolute atomic E-state index is 0.120. The van der Waals surface area contributed by atoms with Gasteiger partial charge in [0.25, 0.3) is 0 Å². The van der Waals surface area contributed by atoms with Gasteiger partial charge in [-0.05, 0) is 18.3 Å². The zero-order chi connectivity index (χ0) is 12.7. The molecule has 1 aromatic heterocycles. The van der Waals surface area contributed by atoms with Gasteiger partial charge in [-0.3, -0.25) is 4.79 Å². The number of imidazole rings is 1. The van der Waals surface area contributed by atoms with Crippen molar-refractivity contribution in [2.24, 2.45) is 11.8 Å². The summed E-state index contributed by atoms with van der Waals surface area (Å²) < 4.78 is 0. The van der Waals surface area contributed by atoms with Gasteiger partial charge in [-0.15, -0.1) is 0 Å². The van der Waals surface area contributed by atoms with Crippen molar-refractivity contribution in [2.45, 2.75) is 40.0 Å². The number of carbonyl (C=O) groups excluding carboxylic acids is 1. The van der Waals surface area contributed by atoms with Gasteiger partial charge in [0.05, 0.1) is 6.33 Å². The molecule has 1 rings (SSSR count). The predicted octanol–water partition coefficient (Wildman–Crippen LogP) is 2.14. The van der Waals surface area contributed by atoms with Crippen molar-refractivity contribution in [3.8, 4) is 0 Å². The molecular formula is C13H23N3O. The Morgan fingerprint density at radius 3 is 2.82 bits per heavy atom. The van der Waals surface area contributed by atoms with Crippen LogP contribution >= 0.6 is 0 Å². The molecule has 0 fully saturated rings. The molecule has 1 amide bonds. The lowest BCUT2D eigenvalue weighted by atomic mass is 9.93. The maximum absolute atomic E-state index is 11.6. The average molecular weight is 237 g/mol. The van der Waals surface area contributed by atoms with Crippen LogP contribution in [-0.2, 0) is 11.2 Å². The molecule has 1 aromatic rings. The lowest BCUT2D eigenvalue weighted by molar-refractivity contribution is -0.121. The van der Waals surface area contributed by atoms with E-state index in [2.05, 4.69) is 36.1 Å². The molecule has 0 bridgehead atoms. The predicted molar refractivity (Wildman–Crippen MR) is 68.5 cm³/mol. The van der Waals surface area contributed by atoms with E-state index in [1.54, 1.807) is 12.5 Å². The highest BCUT2D eigenvalue weighted by Crippen LogP contribution is 2.13. The zero-order valence-corrected chi connectivity index (χ0v) is 11.0. The maximum atomic E-state index is 11.6. The number of nitrogens with one attached hydrogen (secondary N) is 2. The second-order valence-electron chi connectivity index (χ2n) is 4.74. The van der Waals surface area contributed by atoms with Crippen LogP contribution in [0.2, 0.25) is 0 Å². The van der Waals surface area contributed by atoms with Crippen molar-refractivity contribution in [3.63, 3.8) is 0 Å². The van der Waals surface area contributed by atoms with Gasteiger partial charge < -0.3 is 10.3 Å². The largest absolute Gasteiger partial charge is 0.356 e. The van der Waals surface area contributed by atoms with E-state index in [-0.39, 0.29) is 5.91 Å². The van der Waals surface area contributed by atoms with Crippen molar-refractivity contribution < 1.29 is 4.79 Å². The number of carbonyl (C=O) groups is 1. The van der Waals surface area contributed by atoms with Crippen molar-refractivity contribution in [2.75, 3.05) is 6.54 Å². The second-order valence-corrected chi connectivity index (χ2v) is 4.74. The van der Waals surface area contributed by atoms with Crippen LogP contribution in [0.4, 0.5) is 0 Å². The third-order valence-corrected chi connectivity index (χ3v) is 3.41. The molecule has 0 aliphatic rings. The number of hydrogen-bond acceptors (Lipinski definition) is 2. The molecule has 2 N–H and O–H groups in total. The van der Waals surface area contributed by atoms with Gasteiger partial charge in [-0.25, -0.2) is 4.98 Å². The first kappa shape index (κ1) is 13.7. The molecule has 17 heavy (non-hydrogen) atoms. The summed E-state index contributed by atoms with van der Waals surface area (Å²) >= 11 is 0. The summed E-state index contributed by atoms with van der Waals surface area (Å²) in [6.07, 6.45) is 5.80. The van der Waals surface area contributed by atoms with Crippen LogP contribution in [0, 0.1) is 11.8 Å². The van der Waals surface area contributed by atoms with Crippen LogP contribution in [0.3, 0.4) is 0 Å². The topological polar surface area (TPSA) is 57.8 Å². The number of aryl methyl sites for hydroxylation is 1. The van der Waals surface area contributed by atoms with Crippen LogP contribution in [0.1, 0.15) is 39.3 Å². The minimum Gasteiger partial charge on any atom is -0.356 e. The number of rotatable bonds is 7. The lowest BCUT2D eigenvalue weighted by Gasteiger charge is -2.18. The standard InChI is InChI=1S/C13H23N3O/c1-4-10(2)11(3)7-15-13(17)6-5-12-8-14-9-16-12/h8-11H,4-7H2,1-3H3,(H,14,16)(H,15,17). The SMILES string of the molecule is CCC(C)C(C)CNC(=O)CCc1cnc[nH]1. The smallest absolute Gasteiger partial charge is 0.220 e. The van der Waals surface area contributed by atoms with Gasteiger partial charge in [0.15, 0.2) is 0 Å². The fourth-order valence-electron chi connectivity index (χ4n) is 1.64. The Kier molecular flexibility index (Phi) is 5.73. The van der Waals surface area contributed by atoms with Crippen molar-refractivity contribution in [1.29, 1.82) is 0 Å². The van der Waals surface area contributed by atoms with Gasteiger partial charge in [0, 0.05) is 24.9 Å². The van der Waals surface area contributed by atoms with E-state index in [1.165, 1.54) is 0 Å². The highest BCUT2D eigenvalue weighted by Gasteiger charge is 2.11. The first-order valence-corrected chi connectivity index (χ1v) is 6.37. The molecule has 0 aliphatic carbocycles.